The van der Waals surface area contributed by atoms with Gasteiger partial charge in [-0.2, -0.15) is 0 Å². The second kappa shape index (κ2) is 8.10. The maximum Gasteiger partial charge on any atom is 0.335 e. The number of hydrogen-bond acceptors (Lipinski definition) is 5. The Kier molecular flexibility index (Phi) is 5.61. The van der Waals surface area contributed by atoms with Crippen LogP contribution >= 0.6 is 11.3 Å². The van der Waals surface area contributed by atoms with E-state index in [0.29, 0.717) is 22.6 Å². The molecule has 0 radical (unpaired) electrons. The first-order chi connectivity index (χ1) is 13.5. The average molecular weight is 394 g/mol. The molecule has 0 saturated heterocycles. The van der Waals surface area contributed by atoms with Crippen LogP contribution < -0.4 is 9.47 Å². The number of carbonyl (C=O) groups is 2. The fraction of sp³-hybridized carbons (Fsp3) is 0.0909. The van der Waals surface area contributed by atoms with Crippen LogP contribution in [0.2, 0.25) is 0 Å². The van der Waals surface area contributed by atoms with E-state index >= 15 is 0 Å². The first kappa shape index (κ1) is 19.4. The van der Waals surface area contributed by atoms with Gasteiger partial charge in [-0.1, -0.05) is 24.8 Å². The standard InChI is InChI=1S/C22H18O5S/c1-13(14-6-8-15(9-7-14)22(24)25)20(23)16-11-17(19-5-4-10-28-19)21(27-3)18(12-16)26-2/h4-12H,1H2,2-3H3,(H,24,25). The molecule has 0 atom stereocenters. The SMILES string of the molecule is C=C(C(=O)c1cc(OC)c(OC)c(-c2cccs2)c1)c1ccc(C(=O)O)cc1. The molecule has 0 saturated carbocycles. The number of carbonyl (C=O) groups excluding carboxylic acids is 1. The summed E-state index contributed by atoms with van der Waals surface area (Å²) in [7, 11) is 3.07. The van der Waals surface area contributed by atoms with E-state index in [2.05, 4.69) is 6.58 Å². The van der Waals surface area contributed by atoms with Gasteiger partial charge < -0.3 is 14.6 Å². The summed E-state index contributed by atoms with van der Waals surface area (Å²) in [5, 5.41) is 11.0. The number of aromatic carboxylic acids is 1. The van der Waals surface area contributed by atoms with E-state index in [9.17, 15) is 9.59 Å². The molecule has 0 unspecified atom stereocenters. The molecule has 1 aromatic heterocycles. The fourth-order valence-corrected chi connectivity index (χ4v) is 3.57. The molecule has 3 rings (SSSR count). The zero-order valence-electron chi connectivity index (χ0n) is 15.4. The van der Waals surface area contributed by atoms with Crippen LogP contribution in [-0.2, 0) is 0 Å². The lowest BCUT2D eigenvalue weighted by Gasteiger charge is -2.15. The number of carboxylic acid groups (broad SMARTS) is 1. The molecular formula is C22H18O5S. The van der Waals surface area contributed by atoms with Gasteiger partial charge in [-0.3, -0.25) is 4.79 Å². The van der Waals surface area contributed by atoms with Crippen molar-refractivity contribution in [1.82, 2.24) is 0 Å². The van der Waals surface area contributed by atoms with Crippen molar-refractivity contribution in [2.45, 2.75) is 0 Å². The number of methoxy groups -OCH3 is 2. The summed E-state index contributed by atoms with van der Waals surface area (Å²) >= 11 is 1.53. The highest BCUT2D eigenvalue weighted by molar-refractivity contribution is 7.13. The van der Waals surface area contributed by atoms with Crippen LogP contribution in [0.5, 0.6) is 11.5 Å². The first-order valence-corrected chi connectivity index (χ1v) is 9.21. The van der Waals surface area contributed by atoms with Crippen molar-refractivity contribution < 1.29 is 24.2 Å². The number of ketones is 1. The number of rotatable bonds is 7. The smallest absolute Gasteiger partial charge is 0.335 e. The third-order valence-corrected chi connectivity index (χ3v) is 5.19. The van der Waals surface area contributed by atoms with Crippen molar-refractivity contribution in [1.29, 1.82) is 0 Å². The van der Waals surface area contributed by atoms with Gasteiger partial charge in [0.25, 0.3) is 0 Å². The summed E-state index contributed by atoms with van der Waals surface area (Å²) in [6, 6.07) is 13.3. The van der Waals surface area contributed by atoms with E-state index in [1.54, 1.807) is 31.4 Å². The predicted octanol–water partition coefficient (Wildman–Crippen LogP) is 5.03. The van der Waals surface area contributed by atoms with Crippen LogP contribution in [0.4, 0.5) is 0 Å². The van der Waals surface area contributed by atoms with Crippen molar-refractivity contribution in [2.24, 2.45) is 0 Å². The predicted molar refractivity (Wildman–Crippen MR) is 110 cm³/mol. The van der Waals surface area contributed by atoms with E-state index in [-0.39, 0.29) is 16.9 Å². The molecule has 0 amide bonds. The highest BCUT2D eigenvalue weighted by atomic mass is 32.1. The number of benzene rings is 2. The molecule has 28 heavy (non-hydrogen) atoms. The molecular weight excluding hydrogens is 376 g/mol. The van der Waals surface area contributed by atoms with Crippen LogP contribution in [0.3, 0.4) is 0 Å². The van der Waals surface area contributed by atoms with E-state index < -0.39 is 5.97 Å². The highest BCUT2D eigenvalue weighted by Crippen LogP contribution is 2.41. The van der Waals surface area contributed by atoms with Crippen LogP contribution in [-0.4, -0.2) is 31.1 Å². The minimum atomic E-state index is -1.02. The van der Waals surface area contributed by atoms with E-state index in [0.717, 1.165) is 10.4 Å². The zero-order valence-corrected chi connectivity index (χ0v) is 16.2. The van der Waals surface area contributed by atoms with Gasteiger partial charge in [-0.05, 0) is 41.3 Å². The molecule has 1 N–H and O–H groups in total. The van der Waals surface area contributed by atoms with Crippen molar-refractivity contribution in [3.8, 4) is 21.9 Å². The average Bonchev–Trinajstić information content (AvgIpc) is 3.26. The summed E-state index contributed by atoms with van der Waals surface area (Å²) in [6.07, 6.45) is 0. The Bertz CT molecular complexity index is 1030. The number of ether oxygens (including phenoxy) is 2. The van der Waals surface area contributed by atoms with Gasteiger partial charge in [0.2, 0.25) is 0 Å². The van der Waals surface area contributed by atoms with Gasteiger partial charge in [-0.15, -0.1) is 11.3 Å². The maximum atomic E-state index is 13.0. The molecule has 0 aliphatic heterocycles. The maximum absolute atomic E-state index is 13.0. The quantitative estimate of drug-likeness (QED) is 0.450. The van der Waals surface area contributed by atoms with Gasteiger partial charge in [0.05, 0.1) is 19.8 Å². The molecule has 0 spiro atoms. The number of allylic oxidation sites excluding steroid dienone is 1. The monoisotopic (exact) mass is 394 g/mol. The molecule has 0 aliphatic rings. The van der Waals surface area contributed by atoms with Gasteiger partial charge >= 0.3 is 5.97 Å². The topological polar surface area (TPSA) is 72.8 Å². The largest absolute Gasteiger partial charge is 0.493 e. The Labute approximate surface area is 166 Å². The van der Waals surface area contributed by atoms with Gasteiger partial charge in [0.15, 0.2) is 17.3 Å². The van der Waals surface area contributed by atoms with Crippen LogP contribution in [0, 0.1) is 0 Å². The molecule has 1 heterocycles. The summed E-state index contributed by atoms with van der Waals surface area (Å²) in [4.78, 5) is 25.0. The third kappa shape index (κ3) is 3.68. The minimum absolute atomic E-state index is 0.148. The molecule has 142 valence electrons. The Hall–Kier alpha value is -3.38. The van der Waals surface area contributed by atoms with Crippen molar-refractivity contribution in [3.05, 3.63) is 77.2 Å². The molecule has 3 aromatic rings. The molecule has 5 nitrogen and oxygen atoms in total. The Morgan fingerprint density at radius 1 is 0.964 bits per heavy atom. The van der Waals surface area contributed by atoms with Crippen molar-refractivity contribution >= 4 is 28.7 Å². The summed E-state index contributed by atoms with van der Waals surface area (Å²) in [6.45, 7) is 3.90. The van der Waals surface area contributed by atoms with Gasteiger partial charge in [0.1, 0.15) is 0 Å². The van der Waals surface area contributed by atoms with E-state index in [1.165, 1.54) is 30.6 Å². The summed E-state index contributed by atoms with van der Waals surface area (Å²) in [5.74, 6) is -0.297. The lowest BCUT2D eigenvalue weighted by Crippen LogP contribution is -2.05. The molecule has 6 heteroatoms. The van der Waals surface area contributed by atoms with Crippen LogP contribution in [0.25, 0.3) is 16.0 Å². The number of carboxylic acids is 1. The van der Waals surface area contributed by atoms with Gasteiger partial charge in [0, 0.05) is 21.6 Å². The van der Waals surface area contributed by atoms with E-state index in [4.69, 9.17) is 14.6 Å². The number of Topliss-reactive ketones (excluding diaryl/α,β-unsaturated/α-hetero) is 1. The second-order valence-corrected chi connectivity index (χ2v) is 6.87. The lowest BCUT2D eigenvalue weighted by atomic mass is 9.95. The molecule has 0 bridgehead atoms. The normalized spacial score (nSPS) is 10.4. The minimum Gasteiger partial charge on any atom is -0.493 e. The Morgan fingerprint density at radius 2 is 1.64 bits per heavy atom. The summed E-state index contributed by atoms with van der Waals surface area (Å²) in [5.41, 5.74) is 2.14. The third-order valence-electron chi connectivity index (χ3n) is 4.28. The Balaban J connectivity index is 2.02. The second-order valence-electron chi connectivity index (χ2n) is 5.93. The molecule has 2 aromatic carbocycles. The van der Waals surface area contributed by atoms with Crippen molar-refractivity contribution in [3.63, 3.8) is 0 Å². The number of thiophene rings is 1. The molecule has 0 fully saturated rings. The van der Waals surface area contributed by atoms with Gasteiger partial charge in [-0.25, -0.2) is 4.79 Å². The Morgan fingerprint density at radius 3 is 2.18 bits per heavy atom. The first-order valence-electron chi connectivity index (χ1n) is 8.33. The van der Waals surface area contributed by atoms with E-state index in [1.807, 2.05) is 17.5 Å². The lowest BCUT2D eigenvalue weighted by molar-refractivity contribution is 0.0696. The van der Waals surface area contributed by atoms with Crippen LogP contribution in [0.15, 0.2) is 60.5 Å². The fourth-order valence-electron chi connectivity index (χ4n) is 2.83. The molecule has 0 aliphatic carbocycles. The van der Waals surface area contributed by atoms with Crippen LogP contribution in [0.1, 0.15) is 26.3 Å². The zero-order chi connectivity index (χ0) is 20.3. The highest BCUT2D eigenvalue weighted by Gasteiger charge is 2.20. The van der Waals surface area contributed by atoms with Crippen molar-refractivity contribution in [2.75, 3.05) is 14.2 Å². The summed E-state index contributed by atoms with van der Waals surface area (Å²) < 4.78 is 10.9. The number of hydrogen-bond donors (Lipinski definition) is 1.